The standard InChI is InChI=1S/C18H14N2O6S/c1-27-16(19-17(23)25-14(21)12-8-4-2-5-9-12)20-18(24)26-15(22)13-10-6-3-7-11-13/h2-11H,1H3,(H,19,20,23,24). The number of thioether (sulfide) groups is 1. The van der Waals surface area contributed by atoms with Crippen LogP contribution in [-0.4, -0.2) is 35.5 Å². The van der Waals surface area contributed by atoms with E-state index in [9.17, 15) is 19.2 Å². The van der Waals surface area contributed by atoms with Gasteiger partial charge in [-0.15, -0.1) is 0 Å². The highest BCUT2D eigenvalue weighted by atomic mass is 32.2. The molecule has 0 aliphatic heterocycles. The number of nitrogens with zero attached hydrogens (tertiary/aromatic N) is 1. The summed E-state index contributed by atoms with van der Waals surface area (Å²) in [4.78, 5) is 50.5. The van der Waals surface area contributed by atoms with Gasteiger partial charge in [-0.2, -0.15) is 4.99 Å². The molecular weight excluding hydrogens is 372 g/mol. The molecule has 0 spiro atoms. The Morgan fingerprint density at radius 2 is 1.30 bits per heavy atom. The van der Waals surface area contributed by atoms with E-state index in [1.54, 1.807) is 36.4 Å². The van der Waals surface area contributed by atoms with Crippen molar-refractivity contribution in [2.45, 2.75) is 0 Å². The Hall–Kier alpha value is -3.46. The smallest absolute Gasteiger partial charge is 0.372 e. The van der Waals surface area contributed by atoms with Gasteiger partial charge in [-0.25, -0.2) is 19.2 Å². The van der Waals surface area contributed by atoms with E-state index in [-0.39, 0.29) is 16.3 Å². The molecule has 8 nitrogen and oxygen atoms in total. The number of amides is 2. The first-order valence-electron chi connectivity index (χ1n) is 7.51. The van der Waals surface area contributed by atoms with Crippen LogP contribution in [0.3, 0.4) is 0 Å². The number of alkyl carbamates (subject to hydrolysis) is 1. The van der Waals surface area contributed by atoms with Gasteiger partial charge in [-0.05, 0) is 30.5 Å². The van der Waals surface area contributed by atoms with Gasteiger partial charge in [0.25, 0.3) is 0 Å². The number of amidine groups is 1. The Labute approximate surface area is 158 Å². The third-order valence-electron chi connectivity index (χ3n) is 2.98. The van der Waals surface area contributed by atoms with E-state index < -0.39 is 24.1 Å². The van der Waals surface area contributed by atoms with Crippen LogP contribution in [0.5, 0.6) is 0 Å². The maximum Gasteiger partial charge on any atom is 0.444 e. The van der Waals surface area contributed by atoms with E-state index in [2.05, 4.69) is 19.8 Å². The third kappa shape index (κ3) is 6.40. The summed E-state index contributed by atoms with van der Waals surface area (Å²) in [5.41, 5.74) is 0.357. The lowest BCUT2D eigenvalue weighted by Gasteiger charge is -2.06. The maximum absolute atomic E-state index is 11.8. The lowest BCUT2D eigenvalue weighted by Crippen LogP contribution is -2.31. The number of rotatable bonds is 2. The van der Waals surface area contributed by atoms with E-state index >= 15 is 0 Å². The predicted molar refractivity (Wildman–Crippen MR) is 98.6 cm³/mol. The molecule has 0 radical (unpaired) electrons. The molecule has 0 fully saturated rings. The number of carbonyl (C=O) groups is 4. The minimum Gasteiger partial charge on any atom is -0.372 e. The minimum absolute atomic E-state index is 0.174. The Morgan fingerprint density at radius 1 is 0.815 bits per heavy atom. The highest BCUT2D eigenvalue weighted by molar-refractivity contribution is 8.13. The fraction of sp³-hybridized carbons (Fsp3) is 0.0556. The molecule has 9 heteroatoms. The first kappa shape index (κ1) is 19.9. The summed E-state index contributed by atoms with van der Waals surface area (Å²) in [7, 11) is 0. The van der Waals surface area contributed by atoms with Crippen LogP contribution in [0.1, 0.15) is 20.7 Å². The molecule has 0 aliphatic carbocycles. The molecule has 0 aromatic heterocycles. The molecule has 27 heavy (non-hydrogen) atoms. The quantitative estimate of drug-likeness (QED) is 0.365. The van der Waals surface area contributed by atoms with Crippen LogP contribution in [0.2, 0.25) is 0 Å². The van der Waals surface area contributed by atoms with Gasteiger partial charge in [0.15, 0.2) is 5.17 Å². The molecule has 138 valence electrons. The summed E-state index contributed by atoms with van der Waals surface area (Å²) in [6.07, 6.45) is -0.827. The van der Waals surface area contributed by atoms with Crippen LogP contribution in [0.25, 0.3) is 0 Å². The fourth-order valence-electron chi connectivity index (χ4n) is 1.77. The highest BCUT2D eigenvalue weighted by Gasteiger charge is 2.17. The second-order valence-corrected chi connectivity index (χ2v) is 5.61. The highest BCUT2D eigenvalue weighted by Crippen LogP contribution is 2.05. The molecule has 2 aromatic carbocycles. The third-order valence-corrected chi connectivity index (χ3v) is 3.56. The van der Waals surface area contributed by atoms with Crippen LogP contribution in [0, 0.1) is 0 Å². The molecule has 2 rings (SSSR count). The second kappa shape index (κ2) is 9.88. The Kier molecular flexibility index (Phi) is 7.26. The maximum atomic E-state index is 11.8. The molecule has 0 unspecified atom stereocenters. The van der Waals surface area contributed by atoms with Crippen LogP contribution >= 0.6 is 11.8 Å². The molecule has 0 heterocycles. The molecule has 2 amide bonds. The summed E-state index contributed by atoms with van der Waals surface area (Å²) in [5, 5.41) is 1.93. The number of nitrogens with one attached hydrogen (secondary N) is 1. The van der Waals surface area contributed by atoms with Crippen molar-refractivity contribution >= 4 is 41.1 Å². The SMILES string of the molecule is CSC(=NC(=O)OC(=O)c1ccccc1)NC(=O)OC(=O)c1ccccc1. The number of esters is 2. The summed E-state index contributed by atoms with van der Waals surface area (Å²) >= 11 is 0.887. The van der Waals surface area contributed by atoms with Gasteiger partial charge < -0.3 is 9.47 Å². The predicted octanol–water partition coefficient (Wildman–Crippen LogP) is 3.25. The summed E-state index contributed by atoms with van der Waals surface area (Å²) in [6, 6.07) is 15.8. The van der Waals surface area contributed by atoms with Crippen molar-refractivity contribution in [1.29, 1.82) is 0 Å². The average molecular weight is 386 g/mol. The zero-order valence-corrected chi connectivity index (χ0v) is 14.9. The van der Waals surface area contributed by atoms with E-state index in [1.165, 1.54) is 30.5 Å². The molecular formula is C18H14N2O6S. The fourth-order valence-corrected chi connectivity index (χ4v) is 2.12. The van der Waals surface area contributed by atoms with Crippen LogP contribution in [0.15, 0.2) is 65.7 Å². The molecule has 1 N–H and O–H groups in total. The first-order chi connectivity index (χ1) is 13.0. The number of hydrogen-bond acceptors (Lipinski definition) is 7. The molecule has 2 aromatic rings. The van der Waals surface area contributed by atoms with E-state index in [1.807, 2.05) is 0 Å². The van der Waals surface area contributed by atoms with E-state index in [0.717, 1.165) is 11.8 Å². The zero-order valence-electron chi connectivity index (χ0n) is 14.1. The number of aliphatic imine (C=N–C) groups is 1. The molecule has 0 bridgehead atoms. The van der Waals surface area contributed by atoms with Gasteiger partial charge >= 0.3 is 24.1 Å². The van der Waals surface area contributed by atoms with Crippen LogP contribution in [-0.2, 0) is 9.47 Å². The van der Waals surface area contributed by atoms with Crippen molar-refractivity contribution in [3.8, 4) is 0 Å². The van der Waals surface area contributed by atoms with Crippen LogP contribution in [0.4, 0.5) is 9.59 Å². The largest absolute Gasteiger partial charge is 0.444 e. The van der Waals surface area contributed by atoms with E-state index in [0.29, 0.717) is 0 Å². The van der Waals surface area contributed by atoms with Gasteiger partial charge in [-0.3, -0.25) is 5.32 Å². The van der Waals surface area contributed by atoms with Gasteiger partial charge in [0, 0.05) is 0 Å². The Bertz CT molecular complexity index is 868. The molecule has 0 saturated heterocycles. The van der Waals surface area contributed by atoms with Crippen molar-refractivity contribution < 1.29 is 28.7 Å². The topological polar surface area (TPSA) is 111 Å². The minimum atomic E-state index is -1.22. The van der Waals surface area contributed by atoms with Crippen molar-refractivity contribution in [3.63, 3.8) is 0 Å². The molecule has 0 aliphatic rings. The summed E-state index contributed by atoms with van der Waals surface area (Å²) in [6.45, 7) is 0. The molecule has 0 atom stereocenters. The monoisotopic (exact) mass is 386 g/mol. The summed E-state index contributed by atoms with van der Waals surface area (Å²) in [5.74, 6) is -1.75. The van der Waals surface area contributed by atoms with E-state index in [4.69, 9.17) is 0 Å². The van der Waals surface area contributed by atoms with Crippen molar-refractivity contribution in [1.82, 2.24) is 5.32 Å². The van der Waals surface area contributed by atoms with Crippen LogP contribution < -0.4 is 5.32 Å². The number of benzene rings is 2. The van der Waals surface area contributed by atoms with Gasteiger partial charge in [0.2, 0.25) is 0 Å². The van der Waals surface area contributed by atoms with Crippen molar-refractivity contribution in [2.24, 2.45) is 4.99 Å². The van der Waals surface area contributed by atoms with Gasteiger partial charge in [0.05, 0.1) is 11.1 Å². The first-order valence-corrected chi connectivity index (χ1v) is 8.74. The van der Waals surface area contributed by atoms with Gasteiger partial charge in [-0.1, -0.05) is 48.2 Å². The number of ether oxygens (including phenoxy) is 2. The average Bonchev–Trinajstić information content (AvgIpc) is 2.68. The van der Waals surface area contributed by atoms with Crippen molar-refractivity contribution in [3.05, 3.63) is 71.8 Å². The second-order valence-electron chi connectivity index (χ2n) is 4.81. The number of hydrogen-bond donors (Lipinski definition) is 1. The molecule has 0 saturated carbocycles. The lowest BCUT2D eigenvalue weighted by atomic mass is 10.2. The van der Waals surface area contributed by atoms with Crippen molar-refractivity contribution in [2.75, 3.05) is 6.26 Å². The summed E-state index contributed by atoms with van der Waals surface area (Å²) < 4.78 is 9.16. The Morgan fingerprint density at radius 3 is 1.78 bits per heavy atom. The Balaban J connectivity index is 1.93. The normalized spacial score (nSPS) is 10.6. The number of carbonyl (C=O) groups excluding carboxylic acids is 4. The van der Waals surface area contributed by atoms with Gasteiger partial charge in [0.1, 0.15) is 0 Å². The zero-order chi connectivity index (χ0) is 19.6. The lowest BCUT2D eigenvalue weighted by molar-refractivity contribution is 0.0623.